The molecular formula is C20H22N4O3. The Morgan fingerprint density at radius 2 is 1.93 bits per heavy atom. The van der Waals surface area contributed by atoms with Gasteiger partial charge in [0, 0.05) is 23.5 Å². The first-order chi connectivity index (χ1) is 12.8. The van der Waals surface area contributed by atoms with Gasteiger partial charge in [-0.1, -0.05) is 30.3 Å². The molecule has 140 valence electrons. The smallest absolute Gasteiger partial charge is 0.254 e. The molecule has 0 saturated heterocycles. The average molecular weight is 366 g/mol. The van der Waals surface area contributed by atoms with Crippen molar-refractivity contribution in [3.8, 4) is 5.75 Å². The highest BCUT2D eigenvalue weighted by Crippen LogP contribution is 2.21. The molecule has 0 aliphatic carbocycles. The van der Waals surface area contributed by atoms with Crippen LogP contribution in [0.3, 0.4) is 0 Å². The lowest BCUT2D eigenvalue weighted by atomic mass is 10.1. The van der Waals surface area contributed by atoms with E-state index in [1.807, 2.05) is 50.4 Å². The van der Waals surface area contributed by atoms with Crippen LogP contribution in [0.2, 0.25) is 0 Å². The molecule has 0 saturated carbocycles. The summed E-state index contributed by atoms with van der Waals surface area (Å²) < 4.78 is 3.10. The quantitative estimate of drug-likeness (QED) is 0.726. The molecule has 1 unspecified atom stereocenters. The Labute approximate surface area is 156 Å². The standard InChI is InChI=1S/C20H22N4O3/c1-13-11-24(15(3)16-7-5-4-6-8-16)22-20(13)21-18(26)12-23-14(2)9-17(25)10-19(23)27/h4-11,15,25H,12H2,1-3H3,(H,21,22,26). The number of hydrogen-bond donors (Lipinski definition) is 2. The first-order valence-electron chi connectivity index (χ1n) is 8.66. The number of aromatic nitrogens is 3. The maximum atomic E-state index is 12.4. The molecule has 2 N–H and O–H groups in total. The normalized spacial score (nSPS) is 12.0. The molecule has 27 heavy (non-hydrogen) atoms. The summed E-state index contributed by atoms with van der Waals surface area (Å²) in [5.74, 6) is -0.00230. The average Bonchev–Trinajstić information content (AvgIpc) is 2.98. The van der Waals surface area contributed by atoms with E-state index in [1.165, 1.54) is 10.6 Å². The lowest BCUT2D eigenvalue weighted by Crippen LogP contribution is -2.28. The summed E-state index contributed by atoms with van der Waals surface area (Å²) in [6, 6.07) is 12.5. The van der Waals surface area contributed by atoms with Crippen molar-refractivity contribution in [3.05, 3.63) is 75.8 Å². The van der Waals surface area contributed by atoms with Gasteiger partial charge in [0.15, 0.2) is 5.82 Å². The number of amides is 1. The lowest BCUT2D eigenvalue weighted by molar-refractivity contribution is -0.116. The molecule has 0 bridgehead atoms. The van der Waals surface area contributed by atoms with E-state index in [1.54, 1.807) is 11.6 Å². The number of aryl methyl sites for hydroxylation is 2. The number of carbonyl (C=O) groups excluding carboxylic acids is 1. The van der Waals surface area contributed by atoms with Gasteiger partial charge in [-0.25, -0.2) is 0 Å². The van der Waals surface area contributed by atoms with Gasteiger partial charge < -0.3 is 15.0 Å². The predicted octanol–water partition coefficient (Wildman–Crippen LogP) is 2.62. The zero-order valence-corrected chi connectivity index (χ0v) is 15.5. The van der Waals surface area contributed by atoms with Crippen LogP contribution in [0.15, 0.2) is 53.5 Å². The molecule has 0 spiro atoms. The number of aromatic hydroxyl groups is 1. The van der Waals surface area contributed by atoms with E-state index >= 15 is 0 Å². The van der Waals surface area contributed by atoms with E-state index in [0.29, 0.717) is 11.5 Å². The van der Waals surface area contributed by atoms with Crippen LogP contribution in [-0.4, -0.2) is 25.4 Å². The number of hydrogen-bond acceptors (Lipinski definition) is 4. The van der Waals surface area contributed by atoms with E-state index in [9.17, 15) is 14.7 Å². The Hall–Kier alpha value is -3.35. The van der Waals surface area contributed by atoms with Crippen LogP contribution in [0.25, 0.3) is 0 Å². The first kappa shape index (κ1) is 18.4. The van der Waals surface area contributed by atoms with E-state index in [2.05, 4.69) is 10.4 Å². The van der Waals surface area contributed by atoms with Crippen LogP contribution in [0, 0.1) is 13.8 Å². The van der Waals surface area contributed by atoms with Crippen molar-refractivity contribution in [2.24, 2.45) is 0 Å². The number of benzene rings is 1. The highest BCUT2D eigenvalue weighted by atomic mass is 16.3. The Morgan fingerprint density at radius 1 is 1.22 bits per heavy atom. The zero-order valence-electron chi connectivity index (χ0n) is 15.5. The molecule has 3 aromatic rings. The van der Waals surface area contributed by atoms with E-state index < -0.39 is 5.56 Å². The molecule has 7 heteroatoms. The molecule has 1 amide bonds. The van der Waals surface area contributed by atoms with Crippen molar-refractivity contribution in [1.29, 1.82) is 0 Å². The minimum absolute atomic E-state index is 0.0255. The monoisotopic (exact) mass is 366 g/mol. The minimum atomic E-state index is -0.428. The van der Waals surface area contributed by atoms with E-state index in [0.717, 1.165) is 17.2 Å². The lowest BCUT2D eigenvalue weighted by Gasteiger charge is -2.12. The van der Waals surface area contributed by atoms with Gasteiger partial charge in [0.1, 0.15) is 12.3 Å². The fourth-order valence-electron chi connectivity index (χ4n) is 2.92. The van der Waals surface area contributed by atoms with E-state index in [4.69, 9.17) is 0 Å². The van der Waals surface area contributed by atoms with Gasteiger partial charge in [0.25, 0.3) is 5.56 Å². The predicted molar refractivity (Wildman–Crippen MR) is 103 cm³/mol. The maximum absolute atomic E-state index is 12.4. The Bertz CT molecular complexity index is 1020. The number of carbonyl (C=O) groups is 1. The molecule has 0 fully saturated rings. The number of anilines is 1. The Morgan fingerprint density at radius 3 is 2.59 bits per heavy atom. The van der Waals surface area contributed by atoms with Crippen LogP contribution in [0.1, 0.15) is 29.8 Å². The van der Waals surface area contributed by atoms with Crippen molar-refractivity contribution in [2.45, 2.75) is 33.4 Å². The number of rotatable bonds is 5. The number of pyridine rings is 1. The maximum Gasteiger partial charge on any atom is 0.254 e. The molecule has 0 aliphatic heterocycles. The Kier molecular flexibility index (Phi) is 5.12. The highest BCUT2D eigenvalue weighted by Gasteiger charge is 2.15. The summed E-state index contributed by atoms with van der Waals surface area (Å²) in [6.45, 7) is 5.42. The molecule has 1 atom stereocenters. The molecule has 0 radical (unpaired) electrons. The van der Waals surface area contributed by atoms with Crippen LogP contribution in [-0.2, 0) is 11.3 Å². The summed E-state index contributed by atoms with van der Waals surface area (Å²) >= 11 is 0. The second kappa shape index (κ2) is 7.49. The molecule has 0 aliphatic rings. The van der Waals surface area contributed by atoms with Gasteiger partial charge in [-0.2, -0.15) is 5.10 Å². The molecule has 2 heterocycles. The molecule has 3 rings (SSSR count). The molecule has 7 nitrogen and oxygen atoms in total. The SMILES string of the molecule is Cc1cn(C(C)c2ccccc2)nc1NC(=O)Cn1c(C)cc(O)cc1=O. The van der Waals surface area contributed by atoms with Crippen LogP contribution >= 0.6 is 0 Å². The second-order valence-corrected chi connectivity index (χ2v) is 6.55. The summed E-state index contributed by atoms with van der Waals surface area (Å²) in [4.78, 5) is 24.4. The second-order valence-electron chi connectivity index (χ2n) is 6.55. The van der Waals surface area contributed by atoms with Crippen molar-refractivity contribution in [1.82, 2.24) is 14.3 Å². The van der Waals surface area contributed by atoms with Gasteiger partial charge in [-0.05, 0) is 32.4 Å². The topological polar surface area (TPSA) is 89.2 Å². The van der Waals surface area contributed by atoms with Crippen LogP contribution < -0.4 is 10.9 Å². The third kappa shape index (κ3) is 4.08. The number of nitrogens with one attached hydrogen (secondary N) is 1. The summed E-state index contributed by atoms with van der Waals surface area (Å²) in [7, 11) is 0. The molecule has 2 aromatic heterocycles. The van der Waals surface area contributed by atoms with Crippen LogP contribution in [0.5, 0.6) is 5.75 Å². The summed E-state index contributed by atoms with van der Waals surface area (Å²) in [5.41, 5.74) is 2.03. The van der Waals surface area contributed by atoms with Gasteiger partial charge in [-0.15, -0.1) is 0 Å². The zero-order chi connectivity index (χ0) is 19.6. The van der Waals surface area contributed by atoms with Gasteiger partial charge in [-0.3, -0.25) is 14.3 Å². The van der Waals surface area contributed by atoms with Crippen molar-refractivity contribution < 1.29 is 9.90 Å². The van der Waals surface area contributed by atoms with Crippen molar-refractivity contribution >= 4 is 11.7 Å². The third-order valence-corrected chi connectivity index (χ3v) is 4.47. The van der Waals surface area contributed by atoms with E-state index in [-0.39, 0.29) is 24.2 Å². The summed E-state index contributed by atoms with van der Waals surface area (Å²) in [5, 5.41) is 16.7. The molecule has 1 aromatic carbocycles. The van der Waals surface area contributed by atoms with Crippen LogP contribution in [0.4, 0.5) is 5.82 Å². The van der Waals surface area contributed by atoms with Crippen molar-refractivity contribution in [3.63, 3.8) is 0 Å². The van der Waals surface area contributed by atoms with Gasteiger partial charge >= 0.3 is 0 Å². The fourth-order valence-corrected chi connectivity index (χ4v) is 2.92. The highest BCUT2D eigenvalue weighted by molar-refractivity contribution is 5.90. The largest absolute Gasteiger partial charge is 0.508 e. The number of nitrogens with zero attached hydrogens (tertiary/aromatic N) is 3. The van der Waals surface area contributed by atoms with Gasteiger partial charge in [0.2, 0.25) is 5.91 Å². The summed E-state index contributed by atoms with van der Waals surface area (Å²) in [6.07, 6.45) is 1.88. The third-order valence-electron chi connectivity index (χ3n) is 4.47. The Balaban J connectivity index is 1.76. The van der Waals surface area contributed by atoms with Crippen molar-refractivity contribution in [2.75, 3.05) is 5.32 Å². The minimum Gasteiger partial charge on any atom is -0.508 e. The van der Waals surface area contributed by atoms with Gasteiger partial charge in [0.05, 0.1) is 6.04 Å². The molecular weight excluding hydrogens is 344 g/mol. The first-order valence-corrected chi connectivity index (χ1v) is 8.66. The fraction of sp³-hybridized carbons (Fsp3) is 0.250.